The van der Waals surface area contributed by atoms with Crippen LogP contribution in [-0.2, 0) is 4.79 Å². The van der Waals surface area contributed by atoms with E-state index in [2.05, 4.69) is 0 Å². The number of aliphatic hydroxyl groups excluding tert-OH is 1. The van der Waals surface area contributed by atoms with Crippen LogP contribution in [0.5, 0.6) is 0 Å². The highest BCUT2D eigenvalue weighted by molar-refractivity contribution is 5.78. The summed E-state index contributed by atoms with van der Waals surface area (Å²) in [5.41, 5.74) is -0.766. The first kappa shape index (κ1) is 9.93. The maximum Gasteiger partial charge on any atom is 0.223 e. The van der Waals surface area contributed by atoms with E-state index in [9.17, 15) is 9.90 Å². The van der Waals surface area contributed by atoms with E-state index >= 15 is 0 Å². The van der Waals surface area contributed by atoms with Gasteiger partial charge in [-0.3, -0.25) is 4.79 Å². The van der Waals surface area contributed by atoms with Crippen LogP contribution >= 0.6 is 0 Å². The number of nitrogens with zero attached hydrogens (tertiary/aromatic N) is 1. The first-order chi connectivity index (χ1) is 6.56. The zero-order valence-corrected chi connectivity index (χ0v) is 8.44. The second kappa shape index (κ2) is 3.21. The number of carbonyl (C=O) groups is 1. The average molecular weight is 199 g/mol. The maximum atomic E-state index is 11.6. The lowest BCUT2D eigenvalue weighted by Crippen LogP contribution is -2.57. The lowest BCUT2D eigenvalue weighted by molar-refractivity contribution is -0.150. The number of hydrogen-bond donors (Lipinski definition) is 2. The number of aliphatic hydroxyl groups is 2. The highest BCUT2D eigenvalue weighted by atomic mass is 16.3. The summed E-state index contributed by atoms with van der Waals surface area (Å²) in [6, 6.07) is -0.153. The van der Waals surface area contributed by atoms with E-state index in [1.807, 2.05) is 0 Å². The van der Waals surface area contributed by atoms with Crippen LogP contribution in [0.1, 0.15) is 32.6 Å². The highest BCUT2D eigenvalue weighted by Crippen LogP contribution is 2.38. The van der Waals surface area contributed by atoms with E-state index in [0.717, 1.165) is 12.8 Å². The molecule has 0 aromatic carbocycles. The molecule has 0 radical (unpaired) electrons. The van der Waals surface area contributed by atoms with Crippen molar-refractivity contribution in [3.8, 4) is 0 Å². The van der Waals surface area contributed by atoms with E-state index in [-0.39, 0.29) is 24.6 Å². The molecule has 2 saturated heterocycles. The highest BCUT2D eigenvalue weighted by Gasteiger charge is 2.48. The maximum absolute atomic E-state index is 11.6. The Hall–Kier alpha value is -0.610. The molecule has 2 heterocycles. The van der Waals surface area contributed by atoms with Gasteiger partial charge in [0.05, 0.1) is 24.3 Å². The molecular weight excluding hydrogens is 182 g/mol. The van der Waals surface area contributed by atoms with Crippen molar-refractivity contribution in [2.24, 2.45) is 0 Å². The van der Waals surface area contributed by atoms with Gasteiger partial charge in [-0.2, -0.15) is 0 Å². The average Bonchev–Trinajstić information content (AvgIpc) is 2.57. The second-order valence-electron chi connectivity index (χ2n) is 4.59. The van der Waals surface area contributed by atoms with Gasteiger partial charge in [0, 0.05) is 6.42 Å². The summed E-state index contributed by atoms with van der Waals surface area (Å²) >= 11 is 0. The minimum Gasteiger partial charge on any atom is -0.394 e. The van der Waals surface area contributed by atoms with Gasteiger partial charge in [0.15, 0.2) is 0 Å². The van der Waals surface area contributed by atoms with Crippen molar-refractivity contribution < 1.29 is 15.0 Å². The van der Waals surface area contributed by atoms with Crippen LogP contribution in [0, 0.1) is 0 Å². The summed E-state index contributed by atoms with van der Waals surface area (Å²) < 4.78 is 0. The monoisotopic (exact) mass is 199 g/mol. The van der Waals surface area contributed by atoms with Gasteiger partial charge in [-0.05, 0) is 26.2 Å². The van der Waals surface area contributed by atoms with E-state index in [0.29, 0.717) is 12.8 Å². The van der Waals surface area contributed by atoms with Crippen molar-refractivity contribution in [1.82, 2.24) is 4.90 Å². The normalized spacial score (nSPS) is 42.8. The molecule has 80 valence electrons. The molecule has 3 unspecified atom stereocenters. The summed E-state index contributed by atoms with van der Waals surface area (Å²) in [7, 11) is 0. The fourth-order valence-electron chi connectivity index (χ4n) is 2.71. The number of rotatable bonds is 1. The van der Waals surface area contributed by atoms with Crippen LogP contribution in [0.25, 0.3) is 0 Å². The number of amides is 1. The fourth-order valence-corrected chi connectivity index (χ4v) is 2.71. The molecule has 0 aromatic heterocycles. The smallest absolute Gasteiger partial charge is 0.223 e. The van der Waals surface area contributed by atoms with Crippen LogP contribution in [0.15, 0.2) is 0 Å². The van der Waals surface area contributed by atoms with Crippen molar-refractivity contribution in [2.75, 3.05) is 6.61 Å². The zero-order chi connectivity index (χ0) is 10.3. The van der Waals surface area contributed by atoms with Gasteiger partial charge in [-0.1, -0.05) is 0 Å². The third-order valence-corrected chi connectivity index (χ3v) is 3.56. The summed E-state index contributed by atoms with van der Waals surface area (Å²) in [5.74, 6) is 0.0816. The Labute approximate surface area is 83.5 Å². The van der Waals surface area contributed by atoms with Crippen molar-refractivity contribution in [3.63, 3.8) is 0 Å². The van der Waals surface area contributed by atoms with Gasteiger partial charge in [-0.15, -0.1) is 0 Å². The topological polar surface area (TPSA) is 60.8 Å². The van der Waals surface area contributed by atoms with Crippen molar-refractivity contribution in [3.05, 3.63) is 0 Å². The lowest BCUT2D eigenvalue weighted by atomic mass is 9.86. The Balaban J connectivity index is 2.23. The van der Waals surface area contributed by atoms with E-state index in [1.54, 1.807) is 11.8 Å². The Morgan fingerprint density at radius 2 is 2.29 bits per heavy atom. The summed E-state index contributed by atoms with van der Waals surface area (Å²) in [6.07, 6.45) is 2.57. The molecule has 2 fully saturated rings. The number of piperidine rings is 1. The van der Waals surface area contributed by atoms with Gasteiger partial charge in [0.25, 0.3) is 0 Å². The molecule has 1 amide bonds. The van der Waals surface area contributed by atoms with E-state index in [4.69, 9.17) is 5.11 Å². The molecule has 14 heavy (non-hydrogen) atoms. The molecule has 0 saturated carbocycles. The molecule has 2 rings (SSSR count). The van der Waals surface area contributed by atoms with Crippen LogP contribution in [-0.4, -0.2) is 45.3 Å². The first-order valence-corrected chi connectivity index (χ1v) is 5.20. The molecule has 4 heteroatoms. The predicted octanol–water partition coefficient (Wildman–Crippen LogP) is -0.117. The summed E-state index contributed by atoms with van der Waals surface area (Å²) in [5, 5.41) is 19.2. The van der Waals surface area contributed by atoms with Crippen molar-refractivity contribution >= 4 is 5.91 Å². The van der Waals surface area contributed by atoms with Gasteiger partial charge in [0.1, 0.15) is 0 Å². The molecule has 2 aliphatic heterocycles. The van der Waals surface area contributed by atoms with Crippen LogP contribution < -0.4 is 0 Å². The summed E-state index contributed by atoms with van der Waals surface area (Å²) in [6.45, 7) is 1.80. The lowest BCUT2D eigenvalue weighted by Gasteiger charge is -2.42. The van der Waals surface area contributed by atoms with Gasteiger partial charge < -0.3 is 15.1 Å². The van der Waals surface area contributed by atoms with Gasteiger partial charge >= 0.3 is 0 Å². The third kappa shape index (κ3) is 1.33. The van der Waals surface area contributed by atoms with E-state index in [1.165, 1.54) is 0 Å². The number of fused-ring (bicyclic) bond motifs is 1. The molecule has 2 aliphatic rings. The van der Waals surface area contributed by atoms with Crippen molar-refractivity contribution in [2.45, 2.75) is 50.3 Å². The quantitative estimate of drug-likeness (QED) is 0.619. The standard InChI is InChI=1S/C10H17NO3/c1-10(14)5-4-9(13)11-7(6-12)2-3-8(10)11/h7-8,12,14H,2-6H2,1H3. The fraction of sp³-hybridized carbons (Fsp3) is 0.900. The SMILES string of the molecule is CC1(O)CCC(=O)N2C(CO)CCC21. The van der Waals surface area contributed by atoms with Crippen LogP contribution in [0.2, 0.25) is 0 Å². The van der Waals surface area contributed by atoms with Gasteiger partial charge in [-0.25, -0.2) is 0 Å². The van der Waals surface area contributed by atoms with Gasteiger partial charge in [0.2, 0.25) is 5.91 Å². The first-order valence-electron chi connectivity index (χ1n) is 5.20. The van der Waals surface area contributed by atoms with Crippen molar-refractivity contribution in [1.29, 1.82) is 0 Å². The largest absolute Gasteiger partial charge is 0.394 e. The molecule has 0 aromatic rings. The zero-order valence-electron chi connectivity index (χ0n) is 8.44. The molecule has 4 nitrogen and oxygen atoms in total. The summed E-state index contributed by atoms with van der Waals surface area (Å²) in [4.78, 5) is 13.3. The molecule has 0 spiro atoms. The molecule has 0 aliphatic carbocycles. The Kier molecular flexibility index (Phi) is 2.27. The minimum atomic E-state index is -0.766. The molecular formula is C10H17NO3. The molecule has 2 N–H and O–H groups in total. The number of hydrogen-bond acceptors (Lipinski definition) is 3. The third-order valence-electron chi connectivity index (χ3n) is 3.56. The van der Waals surface area contributed by atoms with Crippen LogP contribution in [0.4, 0.5) is 0 Å². The number of carbonyl (C=O) groups excluding carboxylic acids is 1. The predicted molar refractivity (Wildman–Crippen MR) is 50.6 cm³/mol. The molecule has 3 atom stereocenters. The Morgan fingerprint density at radius 1 is 1.57 bits per heavy atom. The minimum absolute atomic E-state index is 0.0122. The Morgan fingerprint density at radius 3 is 2.93 bits per heavy atom. The second-order valence-corrected chi connectivity index (χ2v) is 4.59. The Bertz CT molecular complexity index is 252. The van der Waals surface area contributed by atoms with Crippen LogP contribution in [0.3, 0.4) is 0 Å². The van der Waals surface area contributed by atoms with E-state index < -0.39 is 5.60 Å². The molecule has 0 bridgehead atoms.